The number of nitrogens with zero attached hydrogens (tertiary/aromatic N) is 1. The number of aromatic nitrogens is 1. The monoisotopic (exact) mass is 379 g/mol. The Morgan fingerprint density at radius 2 is 1.95 bits per heavy atom. The van der Waals surface area contributed by atoms with Crippen LogP contribution in [0.15, 0.2) is 42.7 Å². The second-order valence-electron chi connectivity index (χ2n) is 3.92. The summed E-state index contributed by atoms with van der Waals surface area (Å²) in [5, 5.41) is 10.1. The molecule has 1 aromatic heterocycles. The van der Waals surface area contributed by atoms with Crippen molar-refractivity contribution in [3.63, 3.8) is 0 Å². The van der Waals surface area contributed by atoms with E-state index in [1.807, 2.05) is 22.6 Å². The third kappa shape index (κ3) is 3.24. The lowest BCUT2D eigenvalue weighted by atomic mass is 9.98. The zero-order chi connectivity index (χ0) is 14.0. The van der Waals surface area contributed by atoms with E-state index < -0.39 is 17.8 Å². The molecule has 0 spiro atoms. The van der Waals surface area contributed by atoms with Crippen molar-refractivity contribution < 1.29 is 18.3 Å². The molecule has 1 aromatic carbocycles. The topological polar surface area (TPSA) is 33.1 Å². The Hall–Kier alpha value is -1.15. The van der Waals surface area contributed by atoms with E-state index in [1.165, 1.54) is 0 Å². The molecule has 2 rings (SSSR count). The molecule has 0 amide bonds. The van der Waals surface area contributed by atoms with Crippen molar-refractivity contribution in [2.45, 2.75) is 12.3 Å². The second-order valence-corrected chi connectivity index (χ2v) is 5.16. The van der Waals surface area contributed by atoms with Gasteiger partial charge in [0.1, 0.15) is 6.10 Å². The van der Waals surface area contributed by atoms with Gasteiger partial charge in [0.25, 0.3) is 0 Å². The van der Waals surface area contributed by atoms with Gasteiger partial charge < -0.3 is 5.11 Å². The highest BCUT2D eigenvalue weighted by Gasteiger charge is 2.35. The van der Waals surface area contributed by atoms with Crippen LogP contribution in [0.1, 0.15) is 22.8 Å². The number of rotatable bonds is 2. The molecule has 0 aliphatic carbocycles. The van der Waals surface area contributed by atoms with Gasteiger partial charge in [-0.1, -0.05) is 12.1 Å². The molecule has 0 bridgehead atoms. The van der Waals surface area contributed by atoms with Crippen LogP contribution in [0, 0.1) is 3.57 Å². The quantitative estimate of drug-likeness (QED) is 0.806. The number of alkyl halides is 3. The van der Waals surface area contributed by atoms with Gasteiger partial charge in [0.15, 0.2) is 0 Å². The smallest absolute Gasteiger partial charge is 0.384 e. The summed E-state index contributed by atoms with van der Waals surface area (Å²) in [5.74, 6) is 0. The number of aliphatic hydroxyl groups excluding tert-OH is 1. The molecule has 1 N–H and O–H groups in total. The van der Waals surface area contributed by atoms with Gasteiger partial charge in [-0.3, -0.25) is 4.98 Å². The first-order valence-electron chi connectivity index (χ1n) is 5.34. The molecular formula is C13H9F3INO. The summed E-state index contributed by atoms with van der Waals surface area (Å²) in [7, 11) is 0. The van der Waals surface area contributed by atoms with Gasteiger partial charge in [-0.05, 0) is 46.4 Å². The van der Waals surface area contributed by atoms with Crippen LogP contribution in [-0.2, 0) is 6.18 Å². The van der Waals surface area contributed by atoms with Gasteiger partial charge in [0, 0.05) is 21.5 Å². The first kappa shape index (κ1) is 14.3. The summed E-state index contributed by atoms with van der Waals surface area (Å²) in [5.41, 5.74) is -0.698. The van der Waals surface area contributed by atoms with E-state index in [-0.39, 0.29) is 5.56 Å². The Labute approximate surface area is 121 Å². The summed E-state index contributed by atoms with van der Waals surface area (Å²) in [6, 6.07) is 7.57. The van der Waals surface area contributed by atoms with Gasteiger partial charge in [-0.25, -0.2) is 0 Å². The number of hydrogen-bond donors (Lipinski definition) is 1. The predicted molar refractivity (Wildman–Crippen MR) is 72.5 cm³/mol. The SMILES string of the molecule is OC(c1cccc(I)c1)c1cnccc1C(F)(F)F. The van der Waals surface area contributed by atoms with Crippen LogP contribution in [0.2, 0.25) is 0 Å². The van der Waals surface area contributed by atoms with Crippen LogP contribution in [0.25, 0.3) is 0 Å². The Bertz CT molecular complexity index is 586. The minimum atomic E-state index is -4.51. The molecule has 0 saturated heterocycles. The van der Waals surface area contributed by atoms with Crippen LogP contribution in [0.3, 0.4) is 0 Å². The number of benzene rings is 1. The third-order valence-corrected chi connectivity index (χ3v) is 3.29. The summed E-state index contributed by atoms with van der Waals surface area (Å²) in [6.07, 6.45) is -3.75. The minimum absolute atomic E-state index is 0.239. The molecule has 1 heterocycles. The number of aliphatic hydroxyl groups is 1. The fourth-order valence-corrected chi connectivity index (χ4v) is 2.31. The third-order valence-electron chi connectivity index (χ3n) is 2.62. The fraction of sp³-hybridized carbons (Fsp3) is 0.154. The molecule has 6 heteroatoms. The second kappa shape index (κ2) is 5.46. The van der Waals surface area contributed by atoms with E-state index in [0.29, 0.717) is 5.56 Å². The molecule has 0 radical (unpaired) electrons. The largest absolute Gasteiger partial charge is 0.416 e. The lowest BCUT2D eigenvalue weighted by Crippen LogP contribution is -2.13. The number of hydrogen-bond acceptors (Lipinski definition) is 2. The van der Waals surface area contributed by atoms with Crippen molar-refractivity contribution in [1.29, 1.82) is 0 Å². The normalized spacial score (nSPS) is 13.3. The highest BCUT2D eigenvalue weighted by atomic mass is 127. The molecule has 2 aromatic rings. The molecule has 2 nitrogen and oxygen atoms in total. The summed E-state index contributed by atoms with van der Waals surface area (Å²) >= 11 is 2.03. The molecular weight excluding hydrogens is 370 g/mol. The van der Waals surface area contributed by atoms with E-state index in [0.717, 1.165) is 22.0 Å². The molecule has 0 aliphatic heterocycles. The average molecular weight is 379 g/mol. The van der Waals surface area contributed by atoms with Gasteiger partial charge >= 0.3 is 6.18 Å². The molecule has 100 valence electrons. The van der Waals surface area contributed by atoms with Crippen molar-refractivity contribution in [1.82, 2.24) is 4.98 Å². The van der Waals surface area contributed by atoms with E-state index >= 15 is 0 Å². The fourth-order valence-electron chi connectivity index (χ4n) is 1.74. The predicted octanol–water partition coefficient (Wildman–Crippen LogP) is 3.79. The number of pyridine rings is 1. The van der Waals surface area contributed by atoms with Gasteiger partial charge in [0.05, 0.1) is 5.56 Å². The van der Waals surface area contributed by atoms with Crippen molar-refractivity contribution in [3.05, 3.63) is 63.0 Å². The highest BCUT2D eigenvalue weighted by Crippen LogP contribution is 2.36. The standard InChI is InChI=1S/C13H9F3INO/c14-13(15,16)11-4-5-18-7-10(11)12(19)8-2-1-3-9(17)6-8/h1-7,12,19H. The van der Waals surface area contributed by atoms with Gasteiger partial charge in [-0.2, -0.15) is 13.2 Å². The zero-order valence-corrected chi connectivity index (χ0v) is 11.7. The van der Waals surface area contributed by atoms with Crippen LogP contribution < -0.4 is 0 Å². The maximum atomic E-state index is 12.9. The molecule has 0 aliphatic rings. The van der Waals surface area contributed by atoms with E-state index in [2.05, 4.69) is 4.98 Å². The maximum Gasteiger partial charge on any atom is 0.416 e. The molecule has 1 unspecified atom stereocenters. The zero-order valence-electron chi connectivity index (χ0n) is 9.53. The van der Waals surface area contributed by atoms with Crippen LogP contribution in [0.4, 0.5) is 13.2 Å². The van der Waals surface area contributed by atoms with Crippen molar-refractivity contribution >= 4 is 22.6 Å². The first-order chi connectivity index (χ1) is 8.89. The Kier molecular flexibility index (Phi) is 4.10. The van der Waals surface area contributed by atoms with Gasteiger partial charge in [-0.15, -0.1) is 0 Å². The lowest BCUT2D eigenvalue weighted by Gasteiger charge is -2.17. The molecule has 0 saturated carbocycles. The molecule has 19 heavy (non-hydrogen) atoms. The van der Waals surface area contributed by atoms with Crippen LogP contribution in [-0.4, -0.2) is 10.1 Å². The Balaban J connectivity index is 2.48. The first-order valence-corrected chi connectivity index (χ1v) is 6.42. The molecule has 1 atom stereocenters. The van der Waals surface area contributed by atoms with E-state index in [9.17, 15) is 18.3 Å². The highest BCUT2D eigenvalue weighted by molar-refractivity contribution is 14.1. The summed E-state index contributed by atoms with van der Waals surface area (Å²) < 4.78 is 39.4. The van der Waals surface area contributed by atoms with Crippen molar-refractivity contribution in [2.24, 2.45) is 0 Å². The summed E-state index contributed by atoms with van der Waals surface area (Å²) in [6.45, 7) is 0. The molecule has 0 fully saturated rings. The van der Waals surface area contributed by atoms with Crippen molar-refractivity contribution in [2.75, 3.05) is 0 Å². The Morgan fingerprint density at radius 3 is 2.58 bits per heavy atom. The Morgan fingerprint density at radius 1 is 1.21 bits per heavy atom. The minimum Gasteiger partial charge on any atom is -0.384 e. The van der Waals surface area contributed by atoms with Crippen molar-refractivity contribution in [3.8, 4) is 0 Å². The van der Waals surface area contributed by atoms with Gasteiger partial charge in [0.2, 0.25) is 0 Å². The number of halogens is 4. The van der Waals surface area contributed by atoms with E-state index in [4.69, 9.17) is 0 Å². The summed E-state index contributed by atoms with van der Waals surface area (Å²) in [4.78, 5) is 3.67. The van der Waals surface area contributed by atoms with Crippen LogP contribution in [0.5, 0.6) is 0 Å². The van der Waals surface area contributed by atoms with E-state index in [1.54, 1.807) is 24.3 Å². The average Bonchev–Trinajstić information content (AvgIpc) is 2.37. The van der Waals surface area contributed by atoms with Crippen LogP contribution >= 0.6 is 22.6 Å². The lowest BCUT2D eigenvalue weighted by molar-refractivity contribution is -0.139. The maximum absolute atomic E-state index is 12.9.